The van der Waals surface area contributed by atoms with E-state index in [1.807, 2.05) is 42.5 Å². The number of hydrogen-bond donors (Lipinski definition) is 1. The molecule has 1 aliphatic heterocycles. The Labute approximate surface area is 140 Å². The van der Waals surface area contributed by atoms with E-state index in [1.165, 1.54) is 0 Å². The molecule has 0 bridgehead atoms. The number of para-hydroxylation sites is 1. The molecule has 0 atom stereocenters. The number of benzene rings is 2. The molecule has 2 amide bonds. The number of nitrogens with zero attached hydrogens (tertiary/aromatic N) is 1. The minimum atomic E-state index is -0.0990. The van der Waals surface area contributed by atoms with Crippen LogP contribution in [0.2, 0.25) is 5.02 Å². The van der Waals surface area contributed by atoms with E-state index in [9.17, 15) is 9.59 Å². The molecule has 23 heavy (non-hydrogen) atoms. The quantitative estimate of drug-likeness (QED) is 0.917. The molecular formula is C18H17ClN2O2. The van der Waals surface area contributed by atoms with E-state index >= 15 is 0 Å². The summed E-state index contributed by atoms with van der Waals surface area (Å²) in [5.74, 6) is -0.0235. The zero-order valence-electron chi connectivity index (χ0n) is 12.6. The second kappa shape index (κ2) is 6.84. The van der Waals surface area contributed by atoms with Crippen LogP contribution >= 0.6 is 11.6 Å². The number of amides is 2. The number of halogens is 1. The monoisotopic (exact) mass is 328 g/mol. The van der Waals surface area contributed by atoms with Crippen LogP contribution < -0.4 is 10.2 Å². The first-order chi connectivity index (χ1) is 11.1. The molecule has 0 saturated carbocycles. The van der Waals surface area contributed by atoms with Crippen LogP contribution in [0.4, 0.5) is 5.69 Å². The minimum absolute atomic E-state index is 0.0755. The van der Waals surface area contributed by atoms with E-state index in [0.29, 0.717) is 24.5 Å². The van der Waals surface area contributed by atoms with Crippen LogP contribution in [0, 0.1) is 0 Å². The van der Waals surface area contributed by atoms with E-state index in [0.717, 1.165) is 16.8 Å². The van der Waals surface area contributed by atoms with Crippen LogP contribution in [0.1, 0.15) is 11.1 Å². The Kier molecular flexibility index (Phi) is 4.63. The van der Waals surface area contributed by atoms with Gasteiger partial charge in [-0.15, -0.1) is 0 Å². The van der Waals surface area contributed by atoms with E-state index < -0.39 is 0 Å². The first-order valence-corrected chi connectivity index (χ1v) is 7.91. The number of fused-ring (bicyclic) bond motifs is 1. The van der Waals surface area contributed by atoms with Crippen LogP contribution in [0.5, 0.6) is 0 Å². The van der Waals surface area contributed by atoms with Crippen molar-refractivity contribution >= 4 is 29.1 Å². The molecular weight excluding hydrogens is 312 g/mol. The van der Waals surface area contributed by atoms with Crippen molar-refractivity contribution in [1.82, 2.24) is 5.32 Å². The number of carbonyl (C=O) groups is 2. The number of nitrogens with one attached hydrogen (secondary N) is 1. The van der Waals surface area contributed by atoms with Gasteiger partial charge in [-0.05, 0) is 23.3 Å². The number of anilines is 1. The van der Waals surface area contributed by atoms with Crippen LogP contribution in [-0.2, 0) is 22.4 Å². The number of hydrogen-bond acceptors (Lipinski definition) is 2. The fourth-order valence-electron chi connectivity index (χ4n) is 2.75. The maximum absolute atomic E-state index is 12.0. The lowest BCUT2D eigenvalue weighted by Gasteiger charge is -2.17. The maximum Gasteiger partial charge on any atom is 0.231 e. The average molecular weight is 329 g/mol. The van der Waals surface area contributed by atoms with Crippen molar-refractivity contribution < 1.29 is 9.59 Å². The summed E-state index contributed by atoms with van der Waals surface area (Å²) in [6.45, 7) is 0.896. The molecule has 0 saturated heterocycles. The van der Waals surface area contributed by atoms with Crippen molar-refractivity contribution in [2.75, 3.05) is 18.0 Å². The molecule has 0 fully saturated rings. The van der Waals surface area contributed by atoms with Crippen LogP contribution in [0.15, 0.2) is 48.5 Å². The standard InChI is InChI=1S/C18H17ClN2O2/c19-15-7-3-1-5-13(15)11-17(22)20-9-10-21-16-8-4-2-6-14(16)12-18(21)23/h1-8H,9-12H2,(H,20,22). The van der Waals surface area contributed by atoms with E-state index in [-0.39, 0.29) is 18.2 Å². The Morgan fingerprint density at radius 3 is 2.70 bits per heavy atom. The summed E-state index contributed by atoms with van der Waals surface area (Å²) in [6.07, 6.45) is 0.675. The molecule has 3 rings (SSSR count). The Hall–Kier alpha value is -2.33. The van der Waals surface area contributed by atoms with Crippen molar-refractivity contribution in [3.63, 3.8) is 0 Å². The molecule has 1 N–H and O–H groups in total. The Morgan fingerprint density at radius 2 is 1.87 bits per heavy atom. The van der Waals surface area contributed by atoms with Gasteiger partial charge >= 0.3 is 0 Å². The lowest BCUT2D eigenvalue weighted by molar-refractivity contribution is -0.121. The van der Waals surface area contributed by atoms with Crippen molar-refractivity contribution in [3.8, 4) is 0 Å². The van der Waals surface area contributed by atoms with Gasteiger partial charge < -0.3 is 10.2 Å². The molecule has 2 aromatic rings. The molecule has 0 spiro atoms. The SMILES string of the molecule is O=C(Cc1ccccc1Cl)NCCN1C(=O)Cc2ccccc21. The van der Waals surface area contributed by atoms with Crippen LogP contribution in [0.25, 0.3) is 0 Å². The number of carbonyl (C=O) groups excluding carboxylic acids is 2. The van der Waals surface area contributed by atoms with Crippen molar-refractivity contribution in [1.29, 1.82) is 0 Å². The van der Waals surface area contributed by atoms with Gasteiger partial charge in [-0.3, -0.25) is 9.59 Å². The molecule has 1 heterocycles. The zero-order valence-corrected chi connectivity index (χ0v) is 13.3. The molecule has 5 heteroatoms. The third kappa shape index (κ3) is 3.54. The largest absolute Gasteiger partial charge is 0.354 e. The highest BCUT2D eigenvalue weighted by atomic mass is 35.5. The third-order valence-corrected chi connectivity index (χ3v) is 4.26. The topological polar surface area (TPSA) is 49.4 Å². The Balaban J connectivity index is 1.53. The minimum Gasteiger partial charge on any atom is -0.354 e. The summed E-state index contributed by atoms with van der Waals surface area (Å²) in [6, 6.07) is 15.0. The van der Waals surface area contributed by atoms with Crippen LogP contribution in [-0.4, -0.2) is 24.9 Å². The predicted octanol–water partition coefficient (Wildman–Crippen LogP) is 2.59. The highest BCUT2D eigenvalue weighted by Gasteiger charge is 2.26. The van der Waals surface area contributed by atoms with Gasteiger partial charge in [0.1, 0.15) is 0 Å². The molecule has 2 aromatic carbocycles. The van der Waals surface area contributed by atoms with E-state index in [1.54, 1.807) is 11.0 Å². The molecule has 118 valence electrons. The van der Waals surface area contributed by atoms with E-state index in [4.69, 9.17) is 11.6 Å². The fraction of sp³-hybridized carbons (Fsp3) is 0.222. The fourth-order valence-corrected chi connectivity index (χ4v) is 2.95. The van der Waals surface area contributed by atoms with Gasteiger partial charge in [0.05, 0.1) is 12.8 Å². The average Bonchev–Trinajstić information content (AvgIpc) is 2.86. The summed E-state index contributed by atoms with van der Waals surface area (Å²) in [5.41, 5.74) is 2.78. The van der Waals surface area contributed by atoms with Gasteiger partial charge in [-0.1, -0.05) is 48.0 Å². The first-order valence-electron chi connectivity index (χ1n) is 7.53. The van der Waals surface area contributed by atoms with Gasteiger partial charge in [0, 0.05) is 23.8 Å². The summed E-state index contributed by atoms with van der Waals surface area (Å²) in [4.78, 5) is 25.8. The van der Waals surface area contributed by atoms with Crippen LogP contribution in [0.3, 0.4) is 0 Å². The highest BCUT2D eigenvalue weighted by molar-refractivity contribution is 6.31. The van der Waals surface area contributed by atoms with Crippen molar-refractivity contribution in [2.24, 2.45) is 0 Å². The van der Waals surface area contributed by atoms with Gasteiger partial charge in [0.15, 0.2) is 0 Å². The van der Waals surface area contributed by atoms with Gasteiger partial charge in [-0.2, -0.15) is 0 Å². The van der Waals surface area contributed by atoms with Gasteiger partial charge in [0.25, 0.3) is 0 Å². The second-order valence-corrected chi connectivity index (χ2v) is 5.88. The maximum atomic E-state index is 12.0. The van der Waals surface area contributed by atoms with E-state index in [2.05, 4.69) is 5.32 Å². The summed E-state index contributed by atoms with van der Waals surface area (Å²) < 4.78 is 0. The smallest absolute Gasteiger partial charge is 0.231 e. The van der Waals surface area contributed by atoms with Crippen molar-refractivity contribution in [3.05, 3.63) is 64.7 Å². The third-order valence-electron chi connectivity index (χ3n) is 3.89. The van der Waals surface area contributed by atoms with Gasteiger partial charge in [0.2, 0.25) is 11.8 Å². The molecule has 0 unspecified atom stereocenters. The van der Waals surface area contributed by atoms with Crippen molar-refractivity contribution in [2.45, 2.75) is 12.8 Å². The number of rotatable bonds is 5. The normalized spacial score (nSPS) is 13.1. The first kappa shape index (κ1) is 15.6. The Bertz CT molecular complexity index is 745. The zero-order chi connectivity index (χ0) is 16.2. The summed E-state index contributed by atoms with van der Waals surface area (Å²) >= 11 is 6.05. The second-order valence-electron chi connectivity index (χ2n) is 5.47. The Morgan fingerprint density at radius 1 is 1.13 bits per heavy atom. The lowest BCUT2D eigenvalue weighted by Crippen LogP contribution is -2.37. The molecule has 1 aliphatic rings. The predicted molar refractivity (Wildman–Crippen MR) is 90.7 cm³/mol. The summed E-state index contributed by atoms with van der Waals surface area (Å²) in [7, 11) is 0. The van der Waals surface area contributed by atoms with Gasteiger partial charge in [-0.25, -0.2) is 0 Å². The summed E-state index contributed by atoms with van der Waals surface area (Å²) in [5, 5.41) is 3.43. The molecule has 0 radical (unpaired) electrons. The highest BCUT2D eigenvalue weighted by Crippen LogP contribution is 2.27. The molecule has 0 aromatic heterocycles. The lowest BCUT2D eigenvalue weighted by atomic mass is 10.1. The molecule has 4 nitrogen and oxygen atoms in total. The molecule has 0 aliphatic carbocycles.